The molecule has 31 heavy (non-hydrogen) atoms. The van der Waals surface area contributed by atoms with Crippen molar-refractivity contribution in [1.82, 2.24) is 19.6 Å². The van der Waals surface area contributed by atoms with Crippen LogP contribution < -0.4 is 5.32 Å². The van der Waals surface area contributed by atoms with Gasteiger partial charge >= 0.3 is 6.18 Å². The monoisotopic (exact) mass is 447 g/mol. The van der Waals surface area contributed by atoms with Crippen LogP contribution in [0.15, 0.2) is 31.1 Å². The third kappa shape index (κ3) is 4.15. The summed E-state index contributed by atoms with van der Waals surface area (Å²) < 4.78 is 96.2. The highest BCUT2D eigenvalue weighted by Gasteiger charge is 2.40. The molecule has 164 valence electrons. The Morgan fingerprint density at radius 2 is 1.94 bits per heavy atom. The van der Waals surface area contributed by atoms with Gasteiger partial charge in [0.2, 0.25) is 0 Å². The number of aromatic nitrogens is 4. The predicted molar refractivity (Wildman–Crippen MR) is 94.7 cm³/mol. The molecule has 1 amide bonds. The first kappa shape index (κ1) is 22.1. The maximum atomic E-state index is 14.3. The van der Waals surface area contributed by atoms with Crippen LogP contribution in [0.5, 0.6) is 0 Å². The summed E-state index contributed by atoms with van der Waals surface area (Å²) in [5.74, 6) is -3.73. The summed E-state index contributed by atoms with van der Waals surface area (Å²) in [6.07, 6.45) is -5.93. The summed E-state index contributed by atoms with van der Waals surface area (Å²) in [5, 5.41) is 8.72. The van der Waals surface area contributed by atoms with Gasteiger partial charge in [0.15, 0.2) is 11.5 Å². The van der Waals surface area contributed by atoms with Crippen LogP contribution in [0.2, 0.25) is 0 Å². The average molecular weight is 447 g/mol. The molecule has 0 atom stereocenters. The van der Waals surface area contributed by atoms with Gasteiger partial charge in [-0.1, -0.05) is 12.7 Å². The summed E-state index contributed by atoms with van der Waals surface area (Å²) in [6, 6.07) is 1.10. The fraction of sp³-hybridized carbons (Fsp3) is 0.167. The molecule has 0 fully saturated rings. The zero-order valence-electron chi connectivity index (χ0n) is 15.5. The van der Waals surface area contributed by atoms with E-state index in [4.69, 9.17) is 0 Å². The second kappa shape index (κ2) is 7.89. The topological polar surface area (TPSA) is 64.7 Å². The molecule has 0 bridgehead atoms. The van der Waals surface area contributed by atoms with Gasteiger partial charge in [-0.25, -0.2) is 22.2 Å². The van der Waals surface area contributed by atoms with Gasteiger partial charge in [0.25, 0.3) is 12.3 Å². The van der Waals surface area contributed by atoms with E-state index in [0.717, 1.165) is 23.0 Å². The van der Waals surface area contributed by atoms with Crippen LogP contribution in [-0.2, 0) is 13.2 Å². The Balaban J connectivity index is 2.13. The first-order valence-corrected chi connectivity index (χ1v) is 8.34. The largest absolute Gasteiger partial charge is 0.435 e. The standard InChI is InChI=1S/C18H12F7N5O/c1-3-8-4-9(19)5-11(20)14(8)30-15(18(23,24)25)12(6-26-30)27-17(31)10-7-29(2)28-13(10)16(21)22/h3-7,16H,1H2,2H3,(H,27,31). The number of halogens is 7. The van der Waals surface area contributed by atoms with Crippen molar-refractivity contribution in [3.05, 3.63) is 65.3 Å². The van der Waals surface area contributed by atoms with Crippen LogP contribution in [0.25, 0.3) is 11.8 Å². The Bertz CT molecular complexity index is 1160. The molecular weight excluding hydrogens is 435 g/mol. The number of aryl methyl sites for hydroxylation is 1. The summed E-state index contributed by atoms with van der Waals surface area (Å²) in [7, 11) is 1.25. The van der Waals surface area contributed by atoms with Crippen molar-refractivity contribution < 1.29 is 35.5 Å². The van der Waals surface area contributed by atoms with E-state index in [0.29, 0.717) is 12.3 Å². The fourth-order valence-electron chi connectivity index (χ4n) is 2.88. The van der Waals surface area contributed by atoms with E-state index in [1.165, 1.54) is 7.05 Å². The molecule has 0 radical (unpaired) electrons. The van der Waals surface area contributed by atoms with E-state index in [1.807, 2.05) is 5.32 Å². The van der Waals surface area contributed by atoms with Crippen molar-refractivity contribution in [1.29, 1.82) is 0 Å². The Kier molecular flexibility index (Phi) is 5.61. The maximum absolute atomic E-state index is 14.3. The van der Waals surface area contributed by atoms with Crippen LogP contribution in [0.3, 0.4) is 0 Å². The molecule has 0 aliphatic rings. The first-order valence-electron chi connectivity index (χ1n) is 8.34. The lowest BCUT2D eigenvalue weighted by Gasteiger charge is -2.15. The van der Waals surface area contributed by atoms with Crippen LogP contribution >= 0.6 is 0 Å². The molecule has 3 aromatic rings. The molecule has 0 saturated carbocycles. The minimum atomic E-state index is -5.17. The fourth-order valence-corrected chi connectivity index (χ4v) is 2.88. The number of rotatable bonds is 5. The van der Waals surface area contributed by atoms with Crippen molar-refractivity contribution >= 4 is 17.7 Å². The van der Waals surface area contributed by atoms with E-state index < -0.39 is 58.5 Å². The number of benzene rings is 1. The van der Waals surface area contributed by atoms with Crippen molar-refractivity contribution in [2.45, 2.75) is 12.6 Å². The summed E-state index contributed by atoms with van der Waals surface area (Å²) in [5.41, 5.74) is -5.23. The molecule has 0 unspecified atom stereocenters. The highest BCUT2D eigenvalue weighted by Crippen LogP contribution is 2.38. The minimum Gasteiger partial charge on any atom is -0.319 e. The van der Waals surface area contributed by atoms with Gasteiger partial charge in [0.1, 0.15) is 17.2 Å². The summed E-state index contributed by atoms with van der Waals surface area (Å²) >= 11 is 0. The highest BCUT2D eigenvalue weighted by atomic mass is 19.4. The van der Waals surface area contributed by atoms with E-state index in [1.54, 1.807) is 0 Å². The number of carbonyl (C=O) groups excluding carboxylic acids is 1. The second-order valence-electron chi connectivity index (χ2n) is 6.20. The van der Waals surface area contributed by atoms with Crippen molar-refractivity contribution in [2.24, 2.45) is 7.05 Å². The van der Waals surface area contributed by atoms with Gasteiger partial charge in [0.05, 0.1) is 17.4 Å². The summed E-state index contributed by atoms with van der Waals surface area (Å²) in [6.45, 7) is 3.31. The molecule has 0 aliphatic heterocycles. The molecule has 2 aromatic heterocycles. The lowest BCUT2D eigenvalue weighted by Crippen LogP contribution is -2.20. The van der Waals surface area contributed by atoms with Gasteiger partial charge in [-0.3, -0.25) is 9.48 Å². The summed E-state index contributed by atoms with van der Waals surface area (Å²) in [4.78, 5) is 12.4. The quantitative estimate of drug-likeness (QED) is 0.575. The molecule has 0 spiro atoms. The van der Waals surface area contributed by atoms with E-state index >= 15 is 0 Å². The minimum absolute atomic E-state index is 0.124. The number of anilines is 1. The molecule has 13 heteroatoms. The number of nitrogens with zero attached hydrogens (tertiary/aromatic N) is 4. The van der Waals surface area contributed by atoms with Gasteiger partial charge in [-0.2, -0.15) is 23.4 Å². The molecular formula is C18H12F7N5O. The van der Waals surface area contributed by atoms with Crippen LogP contribution in [0, 0.1) is 11.6 Å². The second-order valence-corrected chi connectivity index (χ2v) is 6.20. The SMILES string of the molecule is C=Cc1cc(F)cc(F)c1-n1ncc(NC(=O)c2cn(C)nc2C(F)F)c1C(F)(F)F. The molecule has 3 rings (SSSR count). The normalized spacial score (nSPS) is 11.8. The van der Waals surface area contributed by atoms with Crippen LogP contribution in [0.1, 0.15) is 33.7 Å². The number of hydrogen-bond acceptors (Lipinski definition) is 3. The zero-order valence-corrected chi connectivity index (χ0v) is 15.5. The number of hydrogen-bond donors (Lipinski definition) is 1. The molecule has 0 saturated heterocycles. The number of alkyl halides is 5. The number of carbonyl (C=O) groups is 1. The van der Waals surface area contributed by atoms with E-state index in [2.05, 4.69) is 16.8 Å². The Hall–Kier alpha value is -3.64. The lowest BCUT2D eigenvalue weighted by molar-refractivity contribution is -0.142. The van der Waals surface area contributed by atoms with Gasteiger partial charge in [-0.15, -0.1) is 0 Å². The van der Waals surface area contributed by atoms with Gasteiger partial charge in [0, 0.05) is 24.9 Å². The maximum Gasteiger partial charge on any atom is 0.435 e. The van der Waals surface area contributed by atoms with Crippen molar-refractivity contribution in [2.75, 3.05) is 5.32 Å². The van der Waals surface area contributed by atoms with Crippen molar-refractivity contribution in [3.8, 4) is 5.69 Å². The molecule has 0 aliphatic carbocycles. The molecule has 1 aromatic carbocycles. The zero-order chi connectivity index (χ0) is 23.1. The van der Waals surface area contributed by atoms with Gasteiger partial charge < -0.3 is 5.32 Å². The number of amides is 1. The Morgan fingerprint density at radius 1 is 1.26 bits per heavy atom. The Morgan fingerprint density at radius 3 is 2.52 bits per heavy atom. The predicted octanol–water partition coefficient (Wildman–Crippen LogP) is 4.74. The van der Waals surface area contributed by atoms with Gasteiger partial charge in [-0.05, 0) is 6.07 Å². The smallest absolute Gasteiger partial charge is 0.319 e. The van der Waals surface area contributed by atoms with Crippen LogP contribution in [0.4, 0.5) is 36.4 Å². The molecule has 1 N–H and O–H groups in total. The molecule has 6 nitrogen and oxygen atoms in total. The lowest BCUT2D eigenvalue weighted by atomic mass is 10.1. The highest BCUT2D eigenvalue weighted by molar-refractivity contribution is 6.05. The van der Waals surface area contributed by atoms with E-state index in [-0.39, 0.29) is 10.2 Å². The third-order valence-electron chi connectivity index (χ3n) is 4.08. The third-order valence-corrected chi connectivity index (χ3v) is 4.08. The number of nitrogens with one attached hydrogen (secondary N) is 1. The van der Waals surface area contributed by atoms with E-state index in [9.17, 15) is 35.5 Å². The Labute approximate surface area is 169 Å². The average Bonchev–Trinajstić information content (AvgIpc) is 3.24. The first-order chi connectivity index (χ1) is 14.4. The molecule has 2 heterocycles. The van der Waals surface area contributed by atoms with Crippen molar-refractivity contribution in [3.63, 3.8) is 0 Å². The van der Waals surface area contributed by atoms with Crippen LogP contribution in [-0.4, -0.2) is 25.5 Å².